The summed E-state index contributed by atoms with van der Waals surface area (Å²) in [5, 5.41) is 6.28. The van der Waals surface area contributed by atoms with Crippen LogP contribution in [0.1, 0.15) is 25.8 Å². The number of carbonyl (C=O) groups is 1. The van der Waals surface area contributed by atoms with Crippen LogP contribution in [0.5, 0.6) is 0 Å². The van der Waals surface area contributed by atoms with E-state index in [1.807, 2.05) is 19.1 Å². The Labute approximate surface area is 108 Å². The predicted molar refractivity (Wildman–Crippen MR) is 72.4 cm³/mol. The number of hydrogen-bond donors (Lipinski definition) is 2. The fraction of sp³-hybridized carbons (Fsp3) is 0.571. The minimum absolute atomic E-state index is 0.0873. The van der Waals surface area contributed by atoms with Crippen molar-refractivity contribution in [3.05, 3.63) is 23.9 Å². The second-order valence-corrected chi connectivity index (χ2v) is 5.36. The molecule has 0 spiro atoms. The van der Waals surface area contributed by atoms with E-state index >= 15 is 0 Å². The molecule has 0 bridgehead atoms. The summed E-state index contributed by atoms with van der Waals surface area (Å²) in [6.07, 6.45) is 2.60. The molecule has 4 nitrogen and oxygen atoms in total. The fourth-order valence-corrected chi connectivity index (χ4v) is 2.51. The Hall–Kier alpha value is -1.42. The van der Waals surface area contributed by atoms with E-state index in [0.29, 0.717) is 11.7 Å². The normalized spacial score (nSPS) is 23.3. The Bertz CT molecular complexity index is 436. The molecule has 98 valence electrons. The SMILES string of the molecule is Cc1cccnc1NC(=O)C1(C(C)C)CCNC1. The summed E-state index contributed by atoms with van der Waals surface area (Å²) in [7, 11) is 0. The largest absolute Gasteiger partial charge is 0.316 e. The second kappa shape index (κ2) is 5.06. The topological polar surface area (TPSA) is 54.0 Å². The number of nitrogens with zero attached hydrogens (tertiary/aromatic N) is 1. The predicted octanol–water partition coefficient (Wildman–Crippen LogP) is 1.96. The molecule has 1 aromatic rings. The molecule has 2 rings (SSSR count). The molecule has 1 unspecified atom stereocenters. The molecule has 0 aliphatic carbocycles. The lowest BCUT2D eigenvalue weighted by atomic mass is 9.75. The third-order valence-corrected chi connectivity index (χ3v) is 3.99. The van der Waals surface area contributed by atoms with Crippen LogP contribution < -0.4 is 10.6 Å². The molecule has 1 saturated heterocycles. The highest BCUT2D eigenvalue weighted by Crippen LogP contribution is 2.35. The Morgan fingerprint density at radius 1 is 1.56 bits per heavy atom. The molecule has 1 amide bonds. The van der Waals surface area contributed by atoms with E-state index in [1.54, 1.807) is 6.20 Å². The summed E-state index contributed by atoms with van der Waals surface area (Å²) in [5.74, 6) is 1.08. The lowest BCUT2D eigenvalue weighted by Crippen LogP contribution is -2.42. The highest BCUT2D eigenvalue weighted by atomic mass is 16.2. The average molecular weight is 247 g/mol. The van der Waals surface area contributed by atoms with Crippen LogP contribution in [-0.4, -0.2) is 24.0 Å². The zero-order valence-electron chi connectivity index (χ0n) is 11.3. The maximum Gasteiger partial charge on any atom is 0.233 e. The van der Waals surface area contributed by atoms with Crippen LogP contribution in [-0.2, 0) is 4.79 Å². The van der Waals surface area contributed by atoms with Gasteiger partial charge in [0, 0.05) is 12.7 Å². The van der Waals surface area contributed by atoms with Gasteiger partial charge in [-0.15, -0.1) is 0 Å². The maximum atomic E-state index is 12.5. The van der Waals surface area contributed by atoms with Crippen molar-refractivity contribution in [2.24, 2.45) is 11.3 Å². The lowest BCUT2D eigenvalue weighted by molar-refractivity contribution is -0.126. The maximum absolute atomic E-state index is 12.5. The Balaban J connectivity index is 2.19. The zero-order chi connectivity index (χ0) is 13.2. The molecule has 18 heavy (non-hydrogen) atoms. The molecule has 0 aromatic carbocycles. The molecular weight excluding hydrogens is 226 g/mol. The van der Waals surface area contributed by atoms with Gasteiger partial charge in [-0.2, -0.15) is 0 Å². The summed E-state index contributed by atoms with van der Waals surface area (Å²) in [6.45, 7) is 7.84. The average Bonchev–Trinajstić information content (AvgIpc) is 2.82. The fourth-order valence-electron chi connectivity index (χ4n) is 2.51. The van der Waals surface area contributed by atoms with Crippen molar-refractivity contribution in [1.29, 1.82) is 0 Å². The van der Waals surface area contributed by atoms with Gasteiger partial charge in [-0.05, 0) is 37.4 Å². The number of aryl methyl sites for hydroxylation is 1. The van der Waals surface area contributed by atoms with Crippen molar-refractivity contribution in [3.8, 4) is 0 Å². The minimum Gasteiger partial charge on any atom is -0.316 e. The van der Waals surface area contributed by atoms with Crippen molar-refractivity contribution in [2.75, 3.05) is 18.4 Å². The number of anilines is 1. The first-order valence-corrected chi connectivity index (χ1v) is 6.50. The minimum atomic E-state index is -0.302. The van der Waals surface area contributed by atoms with E-state index in [-0.39, 0.29) is 11.3 Å². The third-order valence-electron chi connectivity index (χ3n) is 3.99. The molecule has 0 saturated carbocycles. The second-order valence-electron chi connectivity index (χ2n) is 5.36. The van der Waals surface area contributed by atoms with E-state index in [2.05, 4.69) is 29.5 Å². The van der Waals surface area contributed by atoms with Crippen molar-refractivity contribution in [2.45, 2.75) is 27.2 Å². The number of hydrogen-bond acceptors (Lipinski definition) is 3. The molecule has 2 N–H and O–H groups in total. The highest BCUT2D eigenvalue weighted by molar-refractivity contribution is 5.95. The van der Waals surface area contributed by atoms with Crippen LogP contribution in [0.2, 0.25) is 0 Å². The van der Waals surface area contributed by atoms with E-state index in [1.165, 1.54) is 0 Å². The van der Waals surface area contributed by atoms with Crippen LogP contribution >= 0.6 is 0 Å². The monoisotopic (exact) mass is 247 g/mol. The first-order chi connectivity index (χ1) is 8.56. The molecule has 2 heterocycles. The number of nitrogens with one attached hydrogen (secondary N) is 2. The van der Waals surface area contributed by atoms with Gasteiger partial charge in [0.2, 0.25) is 5.91 Å². The first kappa shape index (κ1) is 13.0. The van der Waals surface area contributed by atoms with E-state index in [0.717, 1.165) is 25.1 Å². The summed E-state index contributed by atoms with van der Waals surface area (Å²) < 4.78 is 0. The van der Waals surface area contributed by atoms with Crippen LogP contribution in [0, 0.1) is 18.3 Å². The standard InChI is InChI=1S/C14H21N3O/c1-10(2)14(6-8-15-9-14)13(18)17-12-11(3)5-4-7-16-12/h4-5,7,10,15H,6,8-9H2,1-3H3,(H,16,17,18). The molecule has 1 aliphatic heterocycles. The lowest BCUT2D eigenvalue weighted by Gasteiger charge is -2.31. The van der Waals surface area contributed by atoms with Crippen LogP contribution in [0.3, 0.4) is 0 Å². The molecular formula is C14H21N3O. The molecule has 1 aromatic heterocycles. The van der Waals surface area contributed by atoms with E-state index in [4.69, 9.17) is 0 Å². The number of aromatic nitrogens is 1. The number of rotatable bonds is 3. The Kier molecular flexibility index (Phi) is 3.66. The van der Waals surface area contributed by atoms with Crippen molar-refractivity contribution >= 4 is 11.7 Å². The summed E-state index contributed by atoms with van der Waals surface area (Å²) in [5.41, 5.74) is 0.694. The van der Waals surface area contributed by atoms with Crippen LogP contribution in [0.4, 0.5) is 5.82 Å². The van der Waals surface area contributed by atoms with Gasteiger partial charge in [-0.1, -0.05) is 19.9 Å². The van der Waals surface area contributed by atoms with Crippen LogP contribution in [0.25, 0.3) is 0 Å². The van der Waals surface area contributed by atoms with Gasteiger partial charge in [-0.25, -0.2) is 4.98 Å². The third kappa shape index (κ3) is 2.25. The summed E-state index contributed by atoms with van der Waals surface area (Å²) in [6, 6.07) is 3.83. The molecule has 1 atom stereocenters. The quantitative estimate of drug-likeness (QED) is 0.858. The van der Waals surface area contributed by atoms with Gasteiger partial charge in [0.25, 0.3) is 0 Å². The van der Waals surface area contributed by atoms with Crippen molar-refractivity contribution in [1.82, 2.24) is 10.3 Å². The molecule has 0 radical (unpaired) electrons. The van der Waals surface area contributed by atoms with Gasteiger partial charge < -0.3 is 10.6 Å². The number of carbonyl (C=O) groups excluding carboxylic acids is 1. The zero-order valence-corrected chi connectivity index (χ0v) is 11.3. The summed E-state index contributed by atoms with van der Waals surface area (Å²) >= 11 is 0. The highest BCUT2D eigenvalue weighted by Gasteiger charge is 2.44. The van der Waals surface area contributed by atoms with Gasteiger partial charge in [-0.3, -0.25) is 4.79 Å². The van der Waals surface area contributed by atoms with E-state index in [9.17, 15) is 4.79 Å². The van der Waals surface area contributed by atoms with Crippen molar-refractivity contribution < 1.29 is 4.79 Å². The summed E-state index contributed by atoms with van der Waals surface area (Å²) in [4.78, 5) is 16.8. The molecule has 4 heteroatoms. The first-order valence-electron chi connectivity index (χ1n) is 6.50. The molecule has 1 fully saturated rings. The van der Waals surface area contributed by atoms with Gasteiger partial charge in [0.15, 0.2) is 0 Å². The van der Waals surface area contributed by atoms with Gasteiger partial charge >= 0.3 is 0 Å². The van der Waals surface area contributed by atoms with Crippen LogP contribution in [0.15, 0.2) is 18.3 Å². The van der Waals surface area contributed by atoms with E-state index < -0.39 is 0 Å². The van der Waals surface area contributed by atoms with Gasteiger partial charge in [0.1, 0.15) is 5.82 Å². The number of amides is 1. The van der Waals surface area contributed by atoms with Gasteiger partial charge in [0.05, 0.1) is 5.41 Å². The van der Waals surface area contributed by atoms with Crippen molar-refractivity contribution in [3.63, 3.8) is 0 Å². The smallest absolute Gasteiger partial charge is 0.233 e. The number of pyridine rings is 1. The molecule has 1 aliphatic rings. The Morgan fingerprint density at radius 2 is 2.33 bits per heavy atom. The Morgan fingerprint density at radius 3 is 2.89 bits per heavy atom.